The van der Waals surface area contributed by atoms with Crippen molar-refractivity contribution in [1.82, 2.24) is 5.32 Å². The molecule has 4 nitrogen and oxygen atoms in total. The van der Waals surface area contributed by atoms with E-state index in [1.54, 1.807) is 7.11 Å². The van der Waals surface area contributed by atoms with Crippen LogP contribution in [0.1, 0.15) is 32.6 Å². The molecule has 3 aliphatic rings. The highest BCUT2D eigenvalue weighted by molar-refractivity contribution is 5.02. The van der Waals surface area contributed by atoms with E-state index >= 15 is 0 Å². The van der Waals surface area contributed by atoms with Crippen molar-refractivity contribution in [2.24, 2.45) is 5.92 Å². The second-order valence-corrected chi connectivity index (χ2v) is 5.77. The second-order valence-electron chi connectivity index (χ2n) is 5.77. The Bertz CT molecular complexity index is 282. The maximum atomic E-state index is 5.87. The van der Waals surface area contributed by atoms with Crippen molar-refractivity contribution in [3.05, 3.63) is 0 Å². The Balaban J connectivity index is 1.50. The van der Waals surface area contributed by atoms with Crippen molar-refractivity contribution in [3.63, 3.8) is 0 Å². The fourth-order valence-electron chi connectivity index (χ4n) is 3.39. The zero-order chi connectivity index (χ0) is 12.5. The van der Waals surface area contributed by atoms with Crippen LogP contribution < -0.4 is 5.32 Å². The van der Waals surface area contributed by atoms with Gasteiger partial charge in [0.1, 0.15) is 0 Å². The molecule has 1 aliphatic heterocycles. The van der Waals surface area contributed by atoms with Crippen molar-refractivity contribution in [2.75, 3.05) is 20.3 Å². The van der Waals surface area contributed by atoms with Gasteiger partial charge in [-0.05, 0) is 38.5 Å². The van der Waals surface area contributed by atoms with Crippen LogP contribution in [-0.4, -0.2) is 50.7 Å². The molecule has 1 N–H and O–H groups in total. The first kappa shape index (κ1) is 12.9. The van der Waals surface area contributed by atoms with Crippen LogP contribution in [0.15, 0.2) is 0 Å². The zero-order valence-corrected chi connectivity index (χ0v) is 11.4. The van der Waals surface area contributed by atoms with Crippen LogP contribution in [-0.2, 0) is 14.2 Å². The molecule has 0 aromatic rings. The lowest BCUT2D eigenvalue weighted by atomic mass is 9.84. The van der Waals surface area contributed by atoms with Gasteiger partial charge in [0.05, 0.1) is 18.3 Å². The van der Waals surface area contributed by atoms with E-state index < -0.39 is 0 Å². The van der Waals surface area contributed by atoms with Gasteiger partial charge < -0.3 is 19.5 Å². The van der Waals surface area contributed by atoms with Crippen LogP contribution in [0.2, 0.25) is 0 Å². The third kappa shape index (κ3) is 2.44. The summed E-state index contributed by atoms with van der Waals surface area (Å²) < 4.78 is 17.1. The van der Waals surface area contributed by atoms with Gasteiger partial charge in [0, 0.05) is 32.4 Å². The molecule has 0 bridgehead atoms. The average molecular weight is 255 g/mol. The summed E-state index contributed by atoms with van der Waals surface area (Å²) in [5, 5.41) is 3.75. The molecule has 5 atom stereocenters. The second kappa shape index (κ2) is 5.45. The molecule has 0 amide bonds. The number of ether oxygens (including phenoxy) is 3. The van der Waals surface area contributed by atoms with E-state index in [1.165, 1.54) is 12.8 Å². The van der Waals surface area contributed by atoms with E-state index in [0.29, 0.717) is 18.2 Å². The summed E-state index contributed by atoms with van der Waals surface area (Å²) in [6, 6.07) is 0.974. The van der Waals surface area contributed by atoms with E-state index in [2.05, 4.69) is 5.32 Å². The molecule has 1 heterocycles. The topological polar surface area (TPSA) is 39.7 Å². The number of rotatable bonds is 6. The molecule has 0 aromatic heterocycles. The van der Waals surface area contributed by atoms with Gasteiger partial charge in [-0.3, -0.25) is 0 Å². The van der Waals surface area contributed by atoms with Gasteiger partial charge in [-0.15, -0.1) is 0 Å². The Morgan fingerprint density at radius 1 is 1.22 bits per heavy atom. The maximum Gasteiger partial charge on any atom is 0.0986 e. The minimum atomic E-state index is 0.213. The molecule has 2 saturated carbocycles. The van der Waals surface area contributed by atoms with Crippen molar-refractivity contribution < 1.29 is 14.2 Å². The Hall–Kier alpha value is -0.160. The molecule has 2 aliphatic carbocycles. The van der Waals surface area contributed by atoms with Crippen LogP contribution in [0.3, 0.4) is 0 Å². The standard InChI is InChI=1S/C14H25NO3/c1-3-17-12-8-11(14(12)16-2)15-10-6-7-18-13(10)9-4-5-9/h9-15H,3-8H2,1-2H3. The lowest BCUT2D eigenvalue weighted by Crippen LogP contribution is -2.62. The van der Waals surface area contributed by atoms with E-state index in [0.717, 1.165) is 32.0 Å². The van der Waals surface area contributed by atoms with Crippen molar-refractivity contribution >= 4 is 0 Å². The summed E-state index contributed by atoms with van der Waals surface area (Å²) in [7, 11) is 1.79. The fourth-order valence-corrected chi connectivity index (χ4v) is 3.39. The molecule has 3 rings (SSSR count). The van der Waals surface area contributed by atoms with E-state index in [9.17, 15) is 0 Å². The molecular formula is C14H25NO3. The molecule has 0 aromatic carbocycles. The summed E-state index contributed by atoms with van der Waals surface area (Å²) in [5.74, 6) is 0.814. The number of nitrogens with one attached hydrogen (secondary N) is 1. The Labute approximate surface area is 109 Å². The predicted octanol–water partition coefficient (Wildman–Crippen LogP) is 1.34. The minimum Gasteiger partial charge on any atom is -0.377 e. The maximum absolute atomic E-state index is 5.87. The molecule has 0 spiro atoms. The predicted molar refractivity (Wildman–Crippen MR) is 68.6 cm³/mol. The van der Waals surface area contributed by atoms with Crippen LogP contribution in [0.4, 0.5) is 0 Å². The smallest absolute Gasteiger partial charge is 0.0986 e. The fraction of sp³-hybridized carbons (Fsp3) is 1.00. The van der Waals surface area contributed by atoms with Gasteiger partial charge >= 0.3 is 0 Å². The van der Waals surface area contributed by atoms with Crippen molar-refractivity contribution in [1.29, 1.82) is 0 Å². The van der Waals surface area contributed by atoms with Gasteiger partial charge in [0.25, 0.3) is 0 Å². The normalized spacial score (nSPS) is 44.0. The van der Waals surface area contributed by atoms with Crippen molar-refractivity contribution in [3.8, 4) is 0 Å². The largest absolute Gasteiger partial charge is 0.377 e. The molecule has 3 fully saturated rings. The highest BCUT2D eigenvalue weighted by atomic mass is 16.5. The highest BCUT2D eigenvalue weighted by Gasteiger charge is 2.47. The lowest BCUT2D eigenvalue weighted by Gasteiger charge is -2.45. The summed E-state index contributed by atoms with van der Waals surface area (Å²) in [6.07, 6.45) is 5.86. The molecule has 1 saturated heterocycles. The van der Waals surface area contributed by atoms with Crippen LogP contribution >= 0.6 is 0 Å². The summed E-state index contributed by atoms with van der Waals surface area (Å²) >= 11 is 0. The van der Waals surface area contributed by atoms with Gasteiger partial charge in [-0.25, -0.2) is 0 Å². The van der Waals surface area contributed by atoms with E-state index in [4.69, 9.17) is 14.2 Å². The summed E-state index contributed by atoms with van der Waals surface area (Å²) in [6.45, 7) is 3.73. The van der Waals surface area contributed by atoms with Crippen LogP contribution in [0.25, 0.3) is 0 Å². The Morgan fingerprint density at radius 3 is 2.72 bits per heavy atom. The first-order valence-corrected chi connectivity index (χ1v) is 7.35. The molecule has 5 unspecified atom stereocenters. The van der Waals surface area contributed by atoms with Gasteiger partial charge in [-0.2, -0.15) is 0 Å². The number of hydrogen-bond donors (Lipinski definition) is 1. The van der Waals surface area contributed by atoms with Gasteiger partial charge in [0.15, 0.2) is 0 Å². The van der Waals surface area contributed by atoms with Gasteiger partial charge in [0.2, 0.25) is 0 Å². The third-order valence-electron chi connectivity index (χ3n) is 4.55. The minimum absolute atomic E-state index is 0.213. The first-order chi connectivity index (χ1) is 8.83. The van der Waals surface area contributed by atoms with Crippen LogP contribution in [0, 0.1) is 5.92 Å². The van der Waals surface area contributed by atoms with E-state index in [1.807, 2.05) is 6.92 Å². The SMILES string of the molecule is CCOC1CC(NC2CCOC2C2CC2)C1OC. The Kier molecular flexibility index (Phi) is 3.89. The monoisotopic (exact) mass is 255 g/mol. The zero-order valence-electron chi connectivity index (χ0n) is 11.4. The highest BCUT2D eigenvalue weighted by Crippen LogP contribution is 2.39. The third-order valence-corrected chi connectivity index (χ3v) is 4.55. The summed E-state index contributed by atoms with van der Waals surface area (Å²) in [4.78, 5) is 0. The average Bonchev–Trinajstić information content (AvgIpc) is 3.08. The van der Waals surface area contributed by atoms with E-state index in [-0.39, 0.29) is 12.2 Å². The van der Waals surface area contributed by atoms with Crippen molar-refractivity contribution in [2.45, 2.75) is 63.0 Å². The first-order valence-electron chi connectivity index (χ1n) is 7.35. The molecule has 18 heavy (non-hydrogen) atoms. The molecule has 4 heteroatoms. The number of hydrogen-bond acceptors (Lipinski definition) is 4. The molecule has 104 valence electrons. The van der Waals surface area contributed by atoms with Gasteiger partial charge in [-0.1, -0.05) is 0 Å². The summed E-state index contributed by atoms with van der Waals surface area (Å²) in [5.41, 5.74) is 0. The van der Waals surface area contributed by atoms with Crippen LogP contribution in [0.5, 0.6) is 0 Å². The quantitative estimate of drug-likeness (QED) is 0.777. The lowest BCUT2D eigenvalue weighted by molar-refractivity contribution is -0.134. The molecular weight excluding hydrogens is 230 g/mol. The molecule has 0 radical (unpaired) electrons. The Morgan fingerprint density at radius 2 is 2.06 bits per heavy atom. The number of methoxy groups -OCH3 is 1.